The molecule has 1 saturated heterocycles. The summed E-state index contributed by atoms with van der Waals surface area (Å²) in [6.45, 7) is 3.76. The van der Waals surface area contributed by atoms with E-state index >= 15 is 0 Å². The number of aryl methyl sites for hydroxylation is 2. The quantitative estimate of drug-likeness (QED) is 0.873. The number of nitrogens with zero attached hydrogens (tertiary/aromatic N) is 3. The molecule has 25 heavy (non-hydrogen) atoms. The van der Waals surface area contributed by atoms with E-state index in [0.717, 1.165) is 48.6 Å². The lowest BCUT2D eigenvalue weighted by Crippen LogP contribution is -2.30. The number of aromatic nitrogens is 2. The number of ether oxygens (including phenoxy) is 1. The summed E-state index contributed by atoms with van der Waals surface area (Å²) in [4.78, 5) is 2.39. The van der Waals surface area contributed by atoms with Gasteiger partial charge >= 0.3 is 0 Å². The Balaban J connectivity index is 1.69. The van der Waals surface area contributed by atoms with Gasteiger partial charge in [0.2, 0.25) is 5.88 Å². The van der Waals surface area contributed by atoms with Crippen molar-refractivity contribution in [3.8, 4) is 5.88 Å². The smallest absolute Gasteiger partial charge is 0.216 e. The summed E-state index contributed by atoms with van der Waals surface area (Å²) in [6.07, 6.45) is 2.23. The van der Waals surface area contributed by atoms with Crippen molar-refractivity contribution in [2.45, 2.75) is 44.9 Å². The Morgan fingerprint density at radius 1 is 1.36 bits per heavy atom. The van der Waals surface area contributed by atoms with E-state index in [4.69, 9.17) is 4.74 Å². The van der Waals surface area contributed by atoms with Gasteiger partial charge in [0.25, 0.3) is 0 Å². The number of aliphatic hydroxyl groups excluding tert-OH is 1. The van der Waals surface area contributed by atoms with Crippen molar-refractivity contribution in [3.63, 3.8) is 0 Å². The van der Waals surface area contributed by atoms with E-state index in [9.17, 15) is 9.50 Å². The predicted molar refractivity (Wildman–Crippen MR) is 93.9 cm³/mol. The molecule has 0 spiro atoms. The van der Waals surface area contributed by atoms with Crippen LogP contribution in [0.5, 0.6) is 5.88 Å². The van der Waals surface area contributed by atoms with E-state index in [1.54, 1.807) is 23.9 Å². The van der Waals surface area contributed by atoms with Crippen molar-refractivity contribution in [1.82, 2.24) is 14.7 Å². The molecule has 2 heterocycles. The zero-order chi connectivity index (χ0) is 18.0. The number of halogens is 1. The van der Waals surface area contributed by atoms with Gasteiger partial charge in [0.05, 0.1) is 24.5 Å². The van der Waals surface area contributed by atoms with Crippen molar-refractivity contribution in [3.05, 3.63) is 46.9 Å². The maximum atomic E-state index is 13.1. The fourth-order valence-electron chi connectivity index (χ4n) is 3.77. The number of hydrogen-bond donors (Lipinski definition) is 1. The van der Waals surface area contributed by atoms with Gasteiger partial charge in [0.1, 0.15) is 5.82 Å². The van der Waals surface area contributed by atoms with Crippen LogP contribution in [0.15, 0.2) is 24.3 Å². The molecule has 0 aliphatic carbocycles. The van der Waals surface area contributed by atoms with Crippen LogP contribution in [0, 0.1) is 12.7 Å². The van der Waals surface area contributed by atoms with Gasteiger partial charge in [-0.1, -0.05) is 12.1 Å². The zero-order valence-electron chi connectivity index (χ0n) is 15.1. The van der Waals surface area contributed by atoms with E-state index in [1.165, 1.54) is 12.1 Å². The van der Waals surface area contributed by atoms with Gasteiger partial charge in [-0.25, -0.2) is 9.07 Å². The average Bonchev–Trinajstić information content (AvgIpc) is 3.12. The molecular formula is C19H26FN3O2. The molecule has 1 aromatic carbocycles. The van der Waals surface area contributed by atoms with Gasteiger partial charge in [-0.05, 0) is 50.4 Å². The summed E-state index contributed by atoms with van der Waals surface area (Å²) >= 11 is 0. The summed E-state index contributed by atoms with van der Waals surface area (Å²) in [5.41, 5.74) is 2.85. The number of aliphatic hydroxyl groups is 1. The first-order valence-corrected chi connectivity index (χ1v) is 8.73. The molecule has 2 aromatic rings. The third kappa shape index (κ3) is 3.85. The summed E-state index contributed by atoms with van der Waals surface area (Å²) in [7, 11) is 3.55. The van der Waals surface area contributed by atoms with Crippen molar-refractivity contribution < 1.29 is 14.2 Å². The Hall–Kier alpha value is -1.92. The molecule has 1 fully saturated rings. The highest BCUT2D eigenvalue weighted by Gasteiger charge is 2.29. The maximum absolute atomic E-state index is 13.1. The van der Waals surface area contributed by atoms with Crippen molar-refractivity contribution in [2.75, 3.05) is 13.7 Å². The topological polar surface area (TPSA) is 50.5 Å². The normalized spacial score (nSPS) is 19.3. The van der Waals surface area contributed by atoms with Gasteiger partial charge in [0.15, 0.2) is 0 Å². The van der Waals surface area contributed by atoms with Crippen LogP contribution in [0.25, 0.3) is 0 Å². The Kier molecular flexibility index (Phi) is 5.39. The molecule has 2 atom stereocenters. The fraction of sp³-hybridized carbons (Fsp3) is 0.526. The minimum atomic E-state index is -0.580. The molecule has 1 N–H and O–H groups in total. The molecule has 5 nitrogen and oxygen atoms in total. The lowest BCUT2D eigenvalue weighted by molar-refractivity contribution is 0.117. The molecule has 2 unspecified atom stereocenters. The van der Waals surface area contributed by atoms with Gasteiger partial charge in [0, 0.05) is 19.6 Å². The maximum Gasteiger partial charge on any atom is 0.216 e. The Morgan fingerprint density at radius 2 is 2.08 bits per heavy atom. The van der Waals surface area contributed by atoms with Crippen LogP contribution in [0.2, 0.25) is 0 Å². The van der Waals surface area contributed by atoms with E-state index in [0.29, 0.717) is 12.5 Å². The van der Waals surface area contributed by atoms with E-state index in [-0.39, 0.29) is 5.82 Å². The zero-order valence-corrected chi connectivity index (χ0v) is 15.1. The number of likely N-dealkylation sites (tertiary alicyclic amines) is 1. The van der Waals surface area contributed by atoms with Gasteiger partial charge in [-0.2, -0.15) is 5.10 Å². The molecule has 136 valence electrons. The second kappa shape index (κ2) is 7.54. The summed E-state index contributed by atoms with van der Waals surface area (Å²) < 4.78 is 20.3. The summed E-state index contributed by atoms with van der Waals surface area (Å²) in [6, 6.07) is 6.41. The van der Waals surface area contributed by atoms with Crippen LogP contribution < -0.4 is 4.74 Å². The van der Waals surface area contributed by atoms with Crippen LogP contribution in [0.4, 0.5) is 4.39 Å². The van der Waals surface area contributed by atoms with Gasteiger partial charge < -0.3 is 9.84 Å². The Bertz CT molecular complexity index is 714. The first-order chi connectivity index (χ1) is 12.0. The largest absolute Gasteiger partial charge is 0.481 e. The number of hydrogen-bond acceptors (Lipinski definition) is 4. The van der Waals surface area contributed by atoms with Crippen LogP contribution in [-0.2, 0) is 13.6 Å². The monoisotopic (exact) mass is 347 g/mol. The first kappa shape index (κ1) is 17.9. The fourth-order valence-corrected chi connectivity index (χ4v) is 3.77. The standard InChI is InChI=1S/C19H26FN3O2/c1-13-17(19(25-3)22(2)21-13)12-23-10-4-5-16(23)11-18(24)14-6-8-15(20)9-7-14/h6-9,16,18,24H,4-5,10-12H2,1-3H3. The highest BCUT2D eigenvalue weighted by molar-refractivity contribution is 5.31. The second-order valence-electron chi connectivity index (χ2n) is 6.77. The molecule has 0 radical (unpaired) electrons. The average molecular weight is 347 g/mol. The molecule has 0 amide bonds. The molecule has 0 bridgehead atoms. The lowest BCUT2D eigenvalue weighted by atomic mass is 10.00. The highest BCUT2D eigenvalue weighted by atomic mass is 19.1. The lowest BCUT2D eigenvalue weighted by Gasteiger charge is -2.26. The van der Waals surface area contributed by atoms with Crippen LogP contribution in [0.1, 0.15) is 42.2 Å². The minimum absolute atomic E-state index is 0.280. The van der Waals surface area contributed by atoms with E-state index in [1.807, 2.05) is 14.0 Å². The Morgan fingerprint density at radius 3 is 2.76 bits per heavy atom. The van der Waals surface area contributed by atoms with Crippen LogP contribution in [-0.4, -0.2) is 39.5 Å². The third-order valence-corrected chi connectivity index (χ3v) is 5.09. The molecule has 1 aliphatic heterocycles. The number of benzene rings is 1. The van der Waals surface area contributed by atoms with Crippen LogP contribution >= 0.6 is 0 Å². The predicted octanol–water partition coefficient (Wildman–Crippen LogP) is 2.96. The SMILES string of the molecule is COc1c(CN2CCCC2CC(O)c2ccc(F)cc2)c(C)nn1C. The van der Waals surface area contributed by atoms with Crippen molar-refractivity contribution >= 4 is 0 Å². The molecule has 0 saturated carbocycles. The first-order valence-electron chi connectivity index (χ1n) is 8.73. The molecule has 6 heteroatoms. The summed E-state index contributed by atoms with van der Waals surface area (Å²) in [5, 5.41) is 15.0. The number of rotatable bonds is 6. The molecule has 1 aromatic heterocycles. The second-order valence-corrected chi connectivity index (χ2v) is 6.77. The number of methoxy groups -OCH3 is 1. The van der Waals surface area contributed by atoms with Gasteiger partial charge in [-0.15, -0.1) is 0 Å². The Labute approximate surface area is 148 Å². The summed E-state index contributed by atoms with van der Waals surface area (Å²) in [5.74, 6) is 0.514. The van der Waals surface area contributed by atoms with Crippen LogP contribution in [0.3, 0.4) is 0 Å². The minimum Gasteiger partial charge on any atom is -0.481 e. The molecule has 3 rings (SSSR count). The van der Waals surface area contributed by atoms with Gasteiger partial charge in [-0.3, -0.25) is 4.90 Å². The molecular weight excluding hydrogens is 321 g/mol. The van der Waals surface area contributed by atoms with Crippen molar-refractivity contribution in [2.24, 2.45) is 7.05 Å². The highest BCUT2D eigenvalue weighted by Crippen LogP contribution is 2.31. The third-order valence-electron chi connectivity index (χ3n) is 5.09. The van der Waals surface area contributed by atoms with Crippen molar-refractivity contribution in [1.29, 1.82) is 0 Å². The molecule has 1 aliphatic rings. The van der Waals surface area contributed by atoms with E-state index in [2.05, 4.69) is 10.00 Å². The van der Waals surface area contributed by atoms with E-state index < -0.39 is 6.10 Å².